The molecule has 0 bridgehead atoms. The minimum atomic E-state index is -1.20. The van der Waals surface area contributed by atoms with Gasteiger partial charge in [-0.2, -0.15) is 0 Å². The van der Waals surface area contributed by atoms with Crippen LogP contribution in [0.1, 0.15) is 32.8 Å². The predicted molar refractivity (Wildman–Crippen MR) is 134 cm³/mol. The number of aldehydes is 1. The normalized spacial score (nSPS) is 11.4. The van der Waals surface area contributed by atoms with Gasteiger partial charge in [-0.25, -0.2) is 4.98 Å². The first-order valence-electron chi connectivity index (χ1n) is 11.2. The number of anilines is 2. The van der Waals surface area contributed by atoms with Gasteiger partial charge in [0.15, 0.2) is 0 Å². The Bertz CT molecular complexity index is 1440. The fraction of sp³-hybridized carbons (Fsp3) is 0.115. The zero-order valence-electron chi connectivity index (χ0n) is 19.4. The molecule has 0 unspecified atom stereocenters. The van der Waals surface area contributed by atoms with Crippen molar-refractivity contribution in [2.24, 2.45) is 0 Å². The maximum atomic E-state index is 12.5. The Labute approximate surface area is 211 Å². The van der Waals surface area contributed by atoms with Crippen molar-refractivity contribution < 1.29 is 24.3 Å². The van der Waals surface area contributed by atoms with Gasteiger partial charge in [-0.1, -0.05) is 12.1 Å². The molecule has 1 atom stereocenters. The average Bonchev–Trinajstić information content (AvgIpc) is 2.91. The van der Waals surface area contributed by atoms with Crippen LogP contribution in [0.3, 0.4) is 0 Å². The number of carboxylic acid groups (broad SMARTS) is 1. The van der Waals surface area contributed by atoms with Crippen LogP contribution in [0.2, 0.25) is 0 Å². The smallest absolute Gasteiger partial charge is 0.305 e. The van der Waals surface area contributed by atoms with Crippen LogP contribution in [0, 0.1) is 0 Å². The fourth-order valence-corrected chi connectivity index (χ4v) is 3.38. The Morgan fingerprint density at radius 2 is 1.59 bits per heavy atom. The molecule has 2 aromatic carbocycles. The molecule has 4 rings (SSSR count). The van der Waals surface area contributed by atoms with Crippen LogP contribution in [-0.4, -0.2) is 50.2 Å². The molecule has 0 aliphatic heterocycles. The molecule has 4 aromatic rings. The maximum Gasteiger partial charge on any atom is 0.305 e. The number of aliphatic carboxylic acids is 1. The van der Waals surface area contributed by atoms with E-state index in [1.807, 2.05) is 24.3 Å². The summed E-state index contributed by atoms with van der Waals surface area (Å²) in [6, 6.07) is 16.3. The van der Waals surface area contributed by atoms with E-state index in [0.717, 1.165) is 16.7 Å². The summed E-state index contributed by atoms with van der Waals surface area (Å²) in [5.41, 5.74) is 3.44. The van der Waals surface area contributed by atoms with E-state index in [2.05, 4.69) is 30.9 Å². The van der Waals surface area contributed by atoms with Gasteiger partial charge < -0.3 is 25.9 Å². The molecule has 11 nitrogen and oxygen atoms in total. The van der Waals surface area contributed by atoms with Crippen molar-refractivity contribution in [2.75, 3.05) is 5.32 Å². The van der Waals surface area contributed by atoms with E-state index >= 15 is 0 Å². The molecule has 2 amide bonds. The van der Waals surface area contributed by atoms with E-state index in [1.54, 1.807) is 36.5 Å². The summed E-state index contributed by atoms with van der Waals surface area (Å²) in [4.78, 5) is 59.4. The second-order valence-corrected chi connectivity index (χ2v) is 7.98. The van der Waals surface area contributed by atoms with E-state index in [-0.39, 0.29) is 18.0 Å². The molecule has 11 heteroatoms. The third kappa shape index (κ3) is 6.69. The minimum absolute atomic E-state index is 0.128. The van der Waals surface area contributed by atoms with Gasteiger partial charge in [0.2, 0.25) is 0 Å². The highest BCUT2D eigenvalue weighted by molar-refractivity contribution is 5.96. The Hall–Kier alpha value is -5.19. The molecule has 0 saturated heterocycles. The number of amides is 2. The monoisotopic (exact) mass is 498 g/mol. The number of hydrogen-bond acceptors (Lipinski definition) is 8. The Balaban J connectivity index is 1.29. The number of carbonyl (C=O) groups is 4. The number of nitrogens with one attached hydrogen (secondary N) is 3. The summed E-state index contributed by atoms with van der Waals surface area (Å²) >= 11 is 0. The summed E-state index contributed by atoms with van der Waals surface area (Å²) in [5.74, 6) is -1.54. The number of carboxylic acids is 1. The lowest BCUT2D eigenvalue weighted by molar-refractivity contribution is -0.138. The van der Waals surface area contributed by atoms with Gasteiger partial charge in [-0.15, -0.1) is 0 Å². The summed E-state index contributed by atoms with van der Waals surface area (Å²) in [6.45, 7) is 0.128. The average molecular weight is 498 g/mol. The van der Waals surface area contributed by atoms with Crippen molar-refractivity contribution in [3.63, 3.8) is 0 Å². The molecule has 0 spiro atoms. The zero-order valence-corrected chi connectivity index (χ0v) is 19.4. The summed E-state index contributed by atoms with van der Waals surface area (Å²) in [6.07, 6.45) is 2.78. The minimum Gasteiger partial charge on any atom is -0.481 e. The number of nitrogens with zero attached hydrogens (tertiary/aromatic N) is 3. The van der Waals surface area contributed by atoms with Crippen LogP contribution in [0.5, 0.6) is 0 Å². The lowest BCUT2D eigenvalue weighted by atomic mass is 10.2. The molecule has 0 aliphatic carbocycles. The Morgan fingerprint density at radius 3 is 2.27 bits per heavy atom. The summed E-state index contributed by atoms with van der Waals surface area (Å²) in [5, 5.41) is 17.0. The molecular weight excluding hydrogens is 476 g/mol. The molecule has 0 fully saturated rings. The Kier molecular flexibility index (Phi) is 7.74. The third-order valence-electron chi connectivity index (χ3n) is 5.26. The topological polar surface area (TPSA) is 163 Å². The number of fused-ring (bicyclic) bond motifs is 1. The molecule has 2 heterocycles. The van der Waals surface area contributed by atoms with Gasteiger partial charge in [0.05, 0.1) is 47.5 Å². The van der Waals surface area contributed by atoms with Crippen LogP contribution in [0.15, 0.2) is 73.1 Å². The number of pyridine rings is 1. The third-order valence-corrected chi connectivity index (χ3v) is 5.26. The lowest BCUT2D eigenvalue weighted by Gasteiger charge is -2.11. The zero-order chi connectivity index (χ0) is 26.2. The van der Waals surface area contributed by atoms with Crippen molar-refractivity contribution in [2.45, 2.75) is 19.0 Å². The quantitative estimate of drug-likeness (QED) is 0.241. The number of carbonyl (C=O) groups excluding carboxylic acids is 3. The van der Waals surface area contributed by atoms with Crippen LogP contribution in [-0.2, 0) is 16.1 Å². The van der Waals surface area contributed by atoms with Crippen molar-refractivity contribution in [3.05, 3.63) is 89.9 Å². The van der Waals surface area contributed by atoms with Crippen molar-refractivity contribution in [1.82, 2.24) is 25.6 Å². The lowest BCUT2D eigenvalue weighted by Crippen LogP contribution is -2.37. The van der Waals surface area contributed by atoms with E-state index in [1.165, 1.54) is 12.3 Å². The fourth-order valence-electron chi connectivity index (χ4n) is 3.38. The highest BCUT2D eigenvalue weighted by Gasteiger charge is 2.16. The molecular formula is C26H22N6O5. The van der Waals surface area contributed by atoms with Crippen molar-refractivity contribution in [3.8, 4) is 0 Å². The number of rotatable bonds is 10. The first-order chi connectivity index (χ1) is 17.9. The molecule has 0 radical (unpaired) electrons. The highest BCUT2D eigenvalue weighted by Crippen LogP contribution is 2.17. The van der Waals surface area contributed by atoms with Crippen LogP contribution < -0.4 is 16.0 Å². The van der Waals surface area contributed by atoms with E-state index in [9.17, 15) is 19.2 Å². The summed E-state index contributed by atoms with van der Waals surface area (Å²) in [7, 11) is 0. The van der Waals surface area contributed by atoms with E-state index < -0.39 is 24.3 Å². The number of aromatic nitrogens is 3. The van der Waals surface area contributed by atoms with Crippen LogP contribution in [0.25, 0.3) is 11.0 Å². The largest absolute Gasteiger partial charge is 0.481 e. The maximum absolute atomic E-state index is 12.5. The molecule has 0 saturated carbocycles. The van der Waals surface area contributed by atoms with Crippen molar-refractivity contribution >= 4 is 46.6 Å². The highest BCUT2D eigenvalue weighted by atomic mass is 16.4. The van der Waals surface area contributed by atoms with E-state index in [4.69, 9.17) is 5.11 Å². The second-order valence-electron chi connectivity index (χ2n) is 7.98. The van der Waals surface area contributed by atoms with Gasteiger partial charge in [-0.05, 0) is 48.5 Å². The van der Waals surface area contributed by atoms with Crippen LogP contribution in [0.4, 0.5) is 11.5 Å². The second kappa shape index (κ2) is 11.5. The van der Waals surface area contributed by atoms with E-state index in [0.29, 0.717) is 23.4 Å². The molecule has 2 aromatic heterocycles. The first-order valence-corrected chi connectivity index (χ1v) is 11.2. The molecule has 4 N–H and O–H groups in total. The summed E-state index contributed by atoms with van der Waals surface area (Å²) < 4.78 is 0. The molecule has 0 aliphatic rings. The standard InChI is InChI=1S/C26H22N6O5/c33-15-20(11-24(34)35)31-26(37)17-7-10-19(27-12-17)13-29-25(36)16-5-8-18(9-6-16)30-23-14-28-21-3-1-2-4-22(21)32-23/h1-10,12,14-15,20H,11,13H2,(H,29,36)(H,30,32)(H,31,37)(H,34,35)/t20-/m0/s1. The number of benzene rings is 2. The predicted octanol–water partition coefficient (Wildman–Crippen LogP) is 2.47. The first kappa shape index (κ1) is 24.9. The molecule has 186 valence electrons. The van der Waals surface area contributed by atoms with Crippen LogP contribution >= 0.6 is 0 Å². The Morgan fingerprint density at radius 1 is 0.865 bits per heavy atom. The van der Waals surface area contributed by atoms with Gasteiger partial charge >= 0.3 is 5.97 Å². The van der Waals surface area contributed by atoms with Gasteiger partial charge in [-0.3, -0.25) is 24.4 Å². The number of hydrogen-bond donors (Lipinski definition) is 4. The molecule has 37 heavy (non-hydrogen) atoms. The van der Waals surface area contributed by atoms with Gasteiger partial charge in [0.1, 0.15) is 12.1 Å². The van der Waals surface area contributed by atoms with Gasteiger partial charge in [0, 0.05) is 17.4 Å². The van der Waals surface area contributed by atoms with Gasteiger partial charge in [0.25, 0.3) is 11.8 Å². The SMILES string of the molecule is O=C[C@H](CC(=O)O)NC(=O)c1ccc(CNC(=O)c2ccc(Nc3cnc4ccccc4n3)cc2)nc1. The van der Waals surface area contributed by atoms with Crippen molar-refractivity contribution in [1.29, 1.82) is 0 Å². The number of para-hydroxylation sites is 2.